The van der Waals surface area contributed by atoms with Crippen LogP contribution in [-0.2, 0) is 11.8 Å². The predicted molar refractivity (Wildman–Crippen MR) is 94.0 cm³/mol. The van der Waals surface area contributed by atoms with Crippen LogP contribution >= 0.6 is 39.1 Å². The standard InChI is InChI=1S/C17H17BrCl2O/c1-21-16-7-2-4-13(8-16)10-17(11-19,12-20)14-5-3-6-15(18)9-14/h2-9H,10-12H2,1H3. The molecule has 0 aliphatic carbocycles. The highest BCUT2D eigenvalue weighted by Crippen LogP contribution is 2.33. The van der Waals surface area contributed by atoms with Crippen molar-refractivity contribution in [2.75, 3.05) is 18.9 Å². The molecule has 0 saturated carbocycles. The lowest BCUT2D eigenvalue weighted by Gasteiger charge is -2.30. The van der Waals surface area contributed by atoms with Crippen molar-refractivity contribution in [3.8, 4) is 5.75 Å². The number of ether oxygens (including phenoxy) is 1. The maximum atomic E-state index is 6.30. The molecule has 0 radical (unpaired) electrons. The first-order valence-electron chi connectivity index (χ1n) is 6.64. The van der Waals surface area contributed by atoms with Crippen LogP contribution in [0.25, 0.3) is 0 Å². The summed E-state index contributed by atoms with van der Waals surface area (Å²) >= 11 is 16.1. The van der Waals surface area contributed by atoms with E-state index in [0.29, 0.717) is 11.8 Å². The van der Waals surface area contributed by atoms with Crippen molar-refractivity contribution in [3.63, 3.8) is 0 Å². The van der Waals surface area contributed by atoms with Crippen molar-refractivity contribution in [2.45, 2.75) is 11.8 Å². The minimum Gasteiger partial charge on any atom is -0.497 e. The van der Waals surface area contributed by atoms with E-state index in [-0.39, 0.29) is 5.41 Å². The molecule has 0 amide bonds. The number of methoxy groups -OCH3 is 1. The first kappa shape index (κ1) is 16.7. The van der Waals surface area contributed by atoms with E-state index in [2.05, 4.69) is 34.1 Å². The van der Waals surface area contributed by atoms with Crippen LogP contribution in [0.1, 0.15) is 11.1 Å². The summed E-state index contributed by atoms with van der Waals surface area (Å²) in [6.07, 6.45) is 0.771. The van der Waals surface area contributed by atoms with Crippen LogP contribution in [0.4, 0.5) is 0 Å². The molecule has 0 N–H and O–H groups in total. The average Bonchev–Trinajstić information content (AvgIpc) is 2.53. The van der Waals surface area contributed by atoms with E-state index in [1.807, 2.05) is 30.3 Å². The molecule has 112 valence electrons. The highest BCUT2D eigenvalue weighted by atomic mass is 79.9. The van der Waals surface area contributed by atoms with E-state index < -0.39 is 0 Å². The minimum atomic E-state index is -0.292. The first-order valence-corrected chi connectivity index (χ1v) is 8.50. The molecule has 4 heteroatoms. The SMILES string of the molecule is COc1cccc(CC(CCl)(CCl)c2cccc(Br)c2)c1. The number of alkyl halides is 2. The van der Waals surface area contributed by atoms with Gasteiger partial charge in [-0.3, -0.25) is 0 Å². The molecule has 2 aromatic carbocycles. The van der Waals surface area contributed by atoms with Gasteiger partial charge in [0, 0.05) is 21.6 Å². The third-order valence-electron chi connectivity index (χ3n) is 3.63. The van der Waals surface area contributed by atoms with Gasteiger partial charge in [0.2, 0.25) is 0 Å². The quantitative estimate of drug-likeness (QED) is 0.601. The van der Waals surface area contributed by atoms with Gasteiger partial charge in [-0.15, -0.1) is 23.2 Å². The molecule has 0 spiro atoms. The van der Waals surface area contributed by atoms with Crippen molar-refractivity contribution >= 4 is 39.1 Å². The van der Waals surface area contributed by atoms with E-state index in [1.54, 1.807) is 7.11 Å². The number of halogens is 3. The fourth-order valence-corrected chi connectivity index (χ4v) is 3.56. The largest absolute Gasteiger partial charge is 0.497 e. The number of hydrogen-bond acceptors (Lipinski definition) is 1. The molecule has 0 fully saturated rings. The number of hydrogen-bond donors (Lipinski definition) is 0. The zero-order chi connectivity index (χ0) is 15.3. The Hall–Kier alpha value is -0.700. The predicted octanol–water partition coefficient (Wildman–Crippen LogP) is 5.42. The minimum absolute atomic E-state index is 0.292. The topological polar surface area (TPSA) is 9.23 Å². The molecule has 0 atom stereocenters. The Bertz CT molecular complexity index is 597. The summed E-state index contributed by atoms with van der Waals surface area (Å²) in [5.74, 6) is 1.77. The maximum Gasteiger partial charge on any atom is 0.119 e. The fourth-order valence-electron chi connectivity index (χ4n) is 2.38. The zero-order valence-corrected chi connectivity index (χ0v) is 14.9. The second-order valence-corrected chi connectivity index (χ2v) is 6.54. The number of rotatable bonds is 6. The fraction of sp³-hybridized carbons (Fsp3) is 0.294. The lowest BCUT2D eigenvalue weighted by Crippen LogP contribution is -2.33. The van der Waals surface area contributed by atoms with Crippen molar-refractivity contribution in [1.82, 2.24) is 0 Å². The van der Waals surface area contributed by atoms with Crippen molar-refractivity contribution in [1.29, 1.82) is 0 Å². The zero-order valence-electron chi connectivity index (χ0n) is 11.8. The molecule has 2 rings (SSSR count). The summed E-state index contributed by atoms with van der Waals surface area (Å²) < 4.78 is 6.32. The summed E-state index contributed by atoms with van der Waals surface area (Å²) in [4.78, 5) is 0. The highest BCUT2D eigenvalue weighted by molar-refractivity contribution is 9.10. The second-order valence-electron chi connectivity index (χ2n) is 5.09. The molecule has 0 aromatic heterocycles. The van der Waals surface area contributed by atoms with Gasteiger partial charge in [-0.05, 0) is 41.8 Å². The van der Waals surface area contributed by atoms with Crippen molar-refractivity contribution in [3.05, 3.63) is 64.1 Å². The summed E-state index contributed by atoms with van der Waals surface area (Å²) in [6, 6.07) is 16.2. The third-order valence-corrected chi connectivity index (χ3v) is 5.14. The lowest BCUT2D eigenvalue weighted by molar-refractivity contribution is 0.413. The average molecular weight is 388 g/mol. The third kappa shape index (κ3) is 3.94. The lowest BCUT2D eigenvalue weighted by atomic mass is 9.79. The summed E-state index contributed by atoms with van der Waals surface area (Å²) in [5, 5.41) is 0. The molecule has 0 saturated heterocycles. The van der Waals surface area contributed by atoms with Crippen LogP contribution < -0.4 is 4.74 Å². The Morgan fingerprint density at radius 2 is 1.76 bits per heavy atom. The Labute approximate surface area is 144 Å². The van der Waals surface area contributed by atoms with Gasteiger partial charge in [0.25, 0.3) is 0 Å². The van der Waals surface area contributed by atoms with Crippen LogP contribution in [0, 0.1) is 0 Å². The van der Waals surface area contributed by atoms with Gasteiger partial charge in [-0.2, -0.15) is 0 Å². The molecule has 0 heterocycles. The Kier molecular flexibility index (Phi) is 5.98. The van der Waals surface area contributed by atoms with Crippen LogP contribution in [0.2, 0.25) is 0 Å². The van der Waals surface area contributed by atoms with Gasteiger partial charge in [-0.25, -0.2) is 0 Å². The van der Waals surface area contributed by atoms with E-state index >= 15 is 0 Å². The molecule has 21 heavy (non-hydrogen) atoms. The smallest absolute Gasteiger partial charge is 0.119 e. The van der Waals surface area contributed by atoms with E-state index in [9.17, 15) is 0 Å². The molecule has 2 aromatic rings. The molecule has 0 aliphatic rings. The monoisotopic (exact) mass is 386 g/mol. The van der Waals surface area contributed by atoms with Crippen LogP contribution in [0.5, 0.6) is 5.75 Å². The molecular weight excluding hydrogens is 371 g/mol. The molecule has 0 unspecified atom stereocenters. The van der Waals surface area contributed by atoms with Gasteiger partial charge in [-0.1, -0.05) is 40.2 Å². The Morgan fingerprint density at radius 3 is 2.38 bits per heavy atom. The van der Waals surface area contributed by atoms with Crippen LogP contribution in [0.15, 0.2) is 53.0 Å². The van der Waals surface area contributed by atoms with Gasteiger partial charge in [0.15, 0.2) is 0 Å². The Balaban J connectivity index is 2.38. The van der Waals surface area contributed by atoms with E-state index in [0.717, 1.165) is 27.8 Å². The van der Waals surface area contributed by atoms with Crippen LogP contribution in [-0.4, -0.2) is 18.9 Å². The van der Waals surface area contributed by atoms with Crippen molar-refractivity contribution in [2.24, 2.45) is 0 Å². The van der Waals surface area contributed by atoms with Crippen LogP contribution in [0.3, 0.4) is 0 Å². The molecular formula is C17H17BrCl2O. The summed E-state index contributed by atoms with van der Waals surface area (Å²) in [7, 11) is 1.67. The van der Waals surface area contributed by atoms with Gasteiger partial charge < -0.3 is 4.74 Å². The summed E-state index contributed by atoms with van der Waals surface area (Å²) in [5.41, 5.74) is 2.01. The summed E-state index contributed by atoms with van der Waals surface area (Å²) in [6.45, 7) is 0. The van der Waals surface area contributed by atoms with Gasteiger partial charge in [0.05, 0.1) is 7.11 Å². The maximum absolute atomic E-state index is 6.30. The number of benzene rings is 2. The van der Waals surface area contributed by atoms with Gasteiger partial charge >= 0.3 is 0 Å². The van der Waals surface area contributed by atoms with E-state index in [1.165, 1.54) is 0 Å². The second kappa shape index (κ2) is 7.53. The van der Waals surface area contributed by atoms with Gasteiger partial charge in [0.1, 0.15) is 5.75 Å². The van der Waals surface area contributed by atoms with E-state index in [4.69, 9.17) is 27.9 Å². The normalized spacial score (nSPS) is 11.4. The Morgan fingerprint density at radius 1 is 1.05 bits per heavy atom. The van der Waals surface area contributed by atoms with Crippen molar-refractivity contribution < 1.29 is 4.74 Å². The first-order chi connectivity index (χ1) is 10.1. The highest BCUT2D eigenvalue weighted by Gasteiger charge is 2.31. The molecule has 0 bridgehead atoms. The molecule has 0 aliphatic heterocycles. The molecule has 1 nitrogen and oxygen atoms in total.